The number of carbonyl (C=O) groups is 2. The number of likely N-dealkylation sites (N-methyl/N-ethyl adjacent to an activating group) is 1. The normalized spacial score (nSPS) is 18.2. The number of hydrogen-bond acceptors (Lipinski definition) is 5. The van der Waals surface area contributed by atoms with Crippen LogP contribution in [-0.2, 0) is 15.1 Å². The fourth-order valence-corrected chi connectivity index (χ4v) is 3.68. The Morgan fingerprint density at radius 3 is 2.52 bits per heavy atom. The number of benzene rings is 1. The van der Waals surface area contributed by atoms with Gasteiger partial charge in [-0.15, -0.1) is 0 Å². The van der Waals surface area contributed by atoms with Crippen molar-refractivity contribution in [2.75, 3.05) is 33.4 Å². The van der Waals surface area contributed by atoms with Crippen molar-refractivity contribution >= 4 is 11.8 Å². The van der Waals surface area contributed by atoms with Gasteiger partial charge >= 0.3 is 0 Å². The maximum absolute atomic E-state index is 12.5. The lowest BCUT2D eigenvalue weighted by atomic mass is 9.87. The maximum atomic E-state index is 12.5. The Balaban J connectivity index is 1.75. The zero-order chi connectivity index (χ0) is 17.9. The van der Waals surface area contributed by atoms with E-state index in [1.54, 1.807) is 11.9 Å². The van der Waals surface area contributed by atoms with E-state index in [-0.39, 0.29) is 24.5 Å². The third-order valence-corrected chi connectivity index (χ3v) is 4.77. The van der Waals surface area contributed by atoms with E-state index in [1.165, 1.54) is 0 Å². The molecule has 1 aliphatic heterocycles. The fraction of sp³-hybridized carbons (Fsp3) is 0.556. The number of ether oxygens (including phenoxy) is 2. The van der Waals surface area contributed by atoms with E-state index >= 15 is 0 Å². The van der Waals surface area contributed by atoms with Crippen molar-refractivity contribution in [3.63, 3.8) is 0 Å². The second-order valence-corrected chi connectivity index (χ2v) is 6.83. The highest BCUT2D eigenvalue weighted by atomic mass is 16.6. The van der Waals surface area contributed by atoms with Crippen LogP contribution in [0.15, 0.2) is 18.2 Å². The van der Waals surface area contributed by atoms with E-state index in [2.05, 4.69) is 5.32 Å². The molecule has 25 heavy (non-hydrogen) atoms. The van der Waals surface area contributed by atoms with Crippen molar-refractivity contribution in [3.8, 4) is 11.5 Å². The van der Waals surface area contributed by atoms with Crippen molar-refractivity contribution < 1.29 is 19.1 Å². The molecule has 2 amide bonds. The molecule has 1 aromatic carbocycles. The minimum Gasteiger partial charge on any atom is -0.486 e. The van der Waals surface area contributed by atoms with Crippen LogP contribution in [0.3, 0.4) is 0 Å². The van der Waals surface area contributed by atoms with Gasteiger partial charge in [-0.2, -0.15) is 0 Å². The second kappa shape index (κ2) is 7.31. The lowest BCUT2D eigenvalue weighted by Gasteiger charge is -2.33. The quantitative estimate of drug-likeness (QED) is 0.792. The minimum absolute atomic E-state index is 0.0600. The van der Waals surface area contributed by atoms with Gasteiger partial charge in [-0.05, 0) is 37.6 Å². The molecule has 2 aliphatic rings. The van der Waals surface area contributed by atoms with E-state index in [0.717, 1.165) is 42.7 Å². The number of nitrogens with two attached hydrogens (primary N) is 1. The van der Waals surface area contributed by atoms with Gasteiger partial charge in [-0.3, -0.25) is 14.5 Å². The Morgan fingerprint density at radius 1 is 1.16 bits per heavy atom. The van der Waals surface area contributed by atoms with E-state index in [0.29, 0.717) is 13.2 Å². The van der Waals surface area contributed by atoms with Crippen molar-refractivity contribution in [2.45, 2.75) is 31.2 Å². The zero-order valence-corrected chi connectivity index (χ0v) is 14.5. The summed E-state index contributed by atoms with van der Waals surface area (Å²) in [6.45, 7) is 1.29. The van der Waals surface area contributed by atoms with Gasteiger partial charge in [0.1, 0.15) is 13.2 Å². The number of nitrogens with zero attached hydrogens (tertiary/aromatic N) is 1. The minimum atomic E-state index is -0.447. The highest BCUT2D eigenvalue weighted by Crippen LogP contribution is 2.42. The Bertz CT molecular complexity index is 656. The third-order valence-electron chi connectivity index (χ3n) is 4.77. The summed E-state index contributed by atoms with van der Waals surface area (Å²) in [7, 11) is 1.70. The number of fused-ring (bicyclic) bond motifs is 1. The Hall–Kier alpha value is -2.28. The molecule has 0 spiro atoms. The van der Waals surface area contributed by atoms with Crippen LogP contribution in [-0.4, -0.2) is 50.1 Å². The average molecular weight is 347 g/mol. The van der Waals surface area contributed by atoms with Gasteiger partial charge < -0.3 is 20.5 Å². The molecular formula is C18H25N3O4. The summed E-state index contributed by atoms with van der Waals surface area (Å²) in [6, 6.07) is 5.90. The Morgan fingerprint density at radius 2 is 1.84 bits per heavy atom. The van der Waals surface area contributed by atoms with Gasteiger partial charge in [0.2, 0.25) is 11.8 Å². The number of hydrogen-bond donors (Lipinski definition) is 2. The highest BCUT2D eigenvalue weighted by Gasteiger charge is 2.38. The summed E-state index contributed by atoms with van der Waals surface area (Å²) >= 11 is 0. The number of amides is 2. The Labute approximate surface area is 147 Å². The molecule has 1 saturated carbocycles. The third kappa shape index (κ3) is 4.04. The molecule has 1 aliphatic carbocycles. The van der Waals surface area contributed by atoms with Gasteiger partial charge in [0.25, 0.3) is 0 Å². The molecule has 0 unspecified atom stereocenters. The second-order valence-electron chi connectivity index (χ2n) is 6.83. The fourth-order valence-electron chi connectivity index (χ4n) is 3.68. The number of rotatable bonds is 6. The molecule has 0 bridgehead atoms. The molecule has 7 nitrogen and oxygen atoms in total. The SMILES string of the molecule is CN(CC(N)=O)CC(=O)NC1(c2ccc3c(c2)OCCO3)CCCC1. The van der Waals surface area contributed by atoms with E-state index in [9.17, 15) is 9.59 Å². The van der Waals surface area contributed by atoms with Gasteiger partial charge in [0, 0.05) is 0 Å². The molecule has 0 radical (unpaired) electrons. The first-order valence-electron chi connectivity index (χ1n) is 8.66. The average Bonchev–Trinajstić information content (AvgIpc) is 3.03. The molecule has 7 heteroatoms. The van der Waals surface area contributed by atoms with Crippen LogP contribution >= 0.6 is 0 Å². The molecule has 136 valence electrons. The molecular weight excluding hydrogens is 322 g/mol. The molecule has 1 heterocycles. The van der Waals surface area contributed by atoms with E-state index in [4.69, 9.17) is 15.2 Å². The summed E-state index contributed by atoms with van der Waals surface area (Å²) < 4.78 is 11.3. The number of nitrogens with one attached hydrogen (secondary N) is 1. The summed E-state index contributed by atoms with van der Waals surface area (Å²) in [6.07, 6.45) is 3.90. The summed E-state index contributed by atoms with van der Waals surface area (Å²) in [5, 5.41) is 3.19. The first-order chi connectivity index (χ1) is 12.0. The maximum Gasteiger partial charge on any atom is 0.234 e. The molecule has 3 rings (SSSR count). The number of primary amides is 1. The summed E-state index contributed by atoms with van der Waals surface area (Å²) in [4.78, 5) is 25.1. The molecule has 1 aromatic rings. The standard InChI is InChI=1S/C18H25N3O4/c1-21(11-16(19)22)12-17(23)20-18(6-2-3-7-18)13-4-5-14-15(10-13)25-9-8-24-14/h4-5,10H,2-3,6-9,11-12H2,1H3,(H2,19,22)(H,20,23). The summed E-state index contributed by atoms with van der Waals surface area (Å²) in [5.41, 5.74) is 5.83. The van der Waals surface area contributed by atoms with E-state index < -0.39 is 5.91 Å². The number of carbonyl (C=O) groups excluding carboxylic acids is 2. The molecule has 0 saturated heterocycles. The van der Waals surface area contributed by atoms with Gasteiger partial charge in [-0.25, -0.2) is 0 Å². The first-order valence-corrected chi connectivity index (χ1v) is 8.66. The highest BCUT2D eigenvalue weighted by molar-refractivity contribution is 5.81. The summed E-state index contributed by atoms with van der Waals surface area (Å²) in [5.74, 6) is 0.920. The smallest absolute Gasteiger partial charge is 0.234 e. The molecule has 0 aromatic heterocycles. The predicted molar refractivity (Wildman–Crippen MR) is 92.4 cm³/mol. The molecule has 0 atom stereocenters. The van der Waals surface area contributed by atoms with Crippen molar-refractivity contribution in [2.24, 2.45) is 5.73 Å². The largest absolute Gasteiger partial charge is 0.486 e. The monoisotopic (exact) mass is 347 g/mol. The van der Waals surface area contributed by atoms with Crippen LogP contribution in [0.4, 0.5) is 0 Å². The Kier molecular flexibility index (Phi) is 5.13. The van der Waals surface area contributed by atoms with Gasteiger partial charge in [0.15, 0.2) is 11.5 Å². The predicted octanol–water partition coefficient (Wildman–Crippen LogP) is 0.760. The van der Waals surface area contributed by atoms with Crippen LogP contribution < -0.4 is 20.5 Å². The topological polar surface area (TPSA) is 93.9 Å². The van der Waals surface area contributed by atoms with Crippen molar-refractivity contribution in [1.82, 2.24) is 10.2 Å². The van der Waals surface area contributed by atoms with Gasteiger partial charge in [0.05, 0.1) is 18.6 Å². The van der Waals surface area contributed by atoms with Crippen molar-refractivity contribution in [3.05, 3.63) is 23.8 Å². The molecule has 3 N–H and O–H groups in total. The van der Waals surface area contributed by atoms with Crippen LogP contribution in [0, 0.1) is 0 Å². The first kappa shape index (κ1) is 17.5. The van der Waals surface area contributed by atoms with Crippen LogP contribution in [0.25, 0.3) is 0 Å². The van der Waals surface area contributed by atoms with Crippen molar-refractivity contribution in [1.29, 1.82) is 0 Å². The lowest BCUT2D eigenvalue weighted by Crippen LogP contribution is -2.48. The van der Waals surface area contributed by atoms with Crippen LogP contribution in [0.1, 0.15) is 31.2 Å². The lowest BCUT2D eigenvalue weighted by molar-refractivity contribution is -0.125. The van der Waals surface area contributed by atoms with E-state index in [1.807, 2.05) is 18.2 Å². The van der Waals surface area contributed by atoms with Crippen LogP contribution in [0.5, 0.6) is 11.5 Å². The van der Waals surface area contributed by atoms with Crippen LogP contribution in [0.2, 0.25) is 0 Å². The zero-order valence-electron chi connectivity index (χ0n) is 14.5. The molecule has 1 fully saturated rings. The van der Waals surface area contributed by atoms with Gasteiger partial charge in [-0.1, -0.05) is 18.9 Å².